The quantitative estimate of drug-likeness (QED) is 0.844. The Bertz CT molecular complexity index is 754. The second-order valence-corrected chi connectivity index (χ2v) is 7.58. The molecule has 0 aliphatic rings. The highest BCUT2D eigenvalue weighted by Gasteiger charge is 2.13. The monoisotopic (exact) mass is 323 g/mol. The van der Waals surface area contributed by atoms with Crippen molar-refractivity contribution in [3.63, 3.8) is 0 Å². The first-order chi connectivity index (χ1) is 9.81. The molecule has 5 nitrogen and oxygen atoms in total. The molecule has 0 radical (unpaired) electrons. The van der Waals surface area contributed by atoms with Crippen LogP contribution >= 0.6 is 11.8 Å². The minimum atomic E-state index is -3.48. The van der Waals surface area contributed by atoms with E-state index < -0.39 is 10.0 Å². The Kier molecular flexibility index (Phi) is 4.55. The highest BCUT2D eigenvalue weighted by Crippen LogP contribution is 2.32. The Labute approximate surface area is 129 Å². The van der Waals surface area contributed by atoms with Crippen LogP contribution in [-0.4, -0.2) is 20.4 Å². The van der Waals surface area contributed by atoms with E-state index in [1.54, 1.807) is 6.07 Å². The molecule has 2 rings (SSSR count). The third kappa shape index (κ3) is 3.75. The minimum absolute atomic E-state index is 0.153. The van der Waals surface area contributed by atoms with Crippen molar-refractivity contribution < 1.29 is 8.42 Å². The van der Waals surface area contributed by atoms with Gasteiger partial charge < -0.3 is 5.73 Å². The lowest BCUT2D eigenvalue weighted by atomic mass is 10.3. The van der Waals surface area contributed by atoms with Gasteiger partial charge in [-0.25, -0.2) is 18.1 Å². The Hall–Kier alpha value is -1.57. The average molecular weight is 323 g/mol. The molecule has 112 valence electrons. The number of hydrogen-bond donors (Lipinski definition) is 2. The highest BCUT2D eigenvalue weighted by molar-refractivity contribution is 7.99. The molecule has 0 atom stereocenters. The molecule has 1 aromatic heterocycles. The zero-order valence-corrected chi connectivity index (χ0v) is 13.7. The first-order valence-electron chi connectivity index (χ1n) is 6.28. The summed E-state index contributed by atoms with van der Waals surface area (Å²) in [5.74, 6) is 0. The molecule has 2 aromatic rings. The van der Waals surface area contributed by atoms with E-state index in [0.29, 0.717) is 5.69 Å². The lowest BCUT2D eigenvalue weighted by Gasteiger charge is -2.09. The number of nitrogen functional groups attached to an aromatic ring is 1. The van der Waals surface area contributed by atoms with Gasteiger partial charge in [-0.2, -0.15) is 0 Å². The molecule has 3 N–H and O–H groups in total. The summed E-state index contributed by atoms with van der Waals surface area (Å²) in [4.78, 5) is 5.37. The van der Waals surface area contributed by atoms with Gasteiger partial charge in [0, 0.05) is 16.3 Å². The smallest absolute Gasteiger partial charge is 0.240 e. The van der Waals surface area contributed by atoms with Gasteiger partial charge in [0.25, 0.3) is 0 Å². The number of nitrogens with zero attached hydrogens (tertiary/aromatic N) is 1. The standard InChI is InChI=1S/C14H17N3O2S2/c1-9-6-10(2)17-14(7-9)20-13-5-4-11(8-12(13)15)21(18,19)16-3/h4-8,16H,15H2,1-3H3. The van der Waals surface area contributed by atoms with Crippen LogP contribution in [-0.2, 0) is 10.0 Å². The maximum Gasteiger partial charge on any atom is 0.240 e. The summed E-state index contributed by atoms with van der Waals surface area (Å²) < 4.78 is 25.7. The van der Waals surface area contributed by atoms with Gasteiger partial charge in [0.2, 0.25) is 10.0 Å². The van der Waals surface area contributed by atoms with Crippen molar-refractivity contribution in [1.82, 2.24) is 9.71 Å². The van der Waals surface area contributed by atoms with Crippen LogP contribution in [0.3, 0.4) is 0 Å². The van der Waals surface area contributed by atoms with Crippen LogP contribution in [0.25, 0.3) is 0 Å². The molecule has 0 saturated carbocycles. The summed E-state index contributed by atoms with van der Waals surface area (Å²) in [6.07, 6.45) is 0. The van der Waals surface area contributed by atoms with Crippen LogP contribution in [0.5, 0.6) is 0 Å². The first kappa shape index (κ1) is 15.8. The molecule has 0 unspecified atom stereocenters. The molecule has 0 saturated heterocycles. The number of pyridine rings is 1. The van der Waals surface area contributed by atoms with Gasteiger partial charge in [-0.3, -0.25) is 0 Å². The van der Waals surface area contributed by atoms with Crippen molar-refractivity contribution >= 4 is 27.5 Å². The molecule has 1 aromatic carbocycles. The molecule has 0 aliphatic heterocycles. The van der Waals surface area contributed by atoms with Gasteiger partial charge in [0.15, 0.2) is 0 Å². The van der Waals surface area contributed by atoms with Crippen molar-refractivity contribution in [3.8, 4) is 0 Å². The fourth-order valence-corrected chi connectivity index (χ4v) is 3.61. The second-order valence-electron chi connectivity index (χ2n) is 4.63. The number of rotatable bonds is 4. The Balaban J connectivity index is 2.34. The van der Waals surface area contributed by atoms with Crippen LogP contribution in [0.4, 0.5) is 5.69 Å². The number of hydrogen-bond acceptors (Lipinski definition) is 5. The lowest BCUT2D eigenvalue weighted by molar-refractivity contribution is 0.588. The average Bonchev–Trinajstić information content (AvgIpc) is 2.40. The third-order valence-corrected chi connectivity index (χ3v) is 5.27. The molecular weight excluding hydrogens is 306 g/mol. The zero-order valence-electron chi connectivity index (χ0n) is 12.0. The van der Waals surface area contributed by atoms with Crippen molar-refractivity contribution in [2.24, 2.45) is 0 Å². The fourth-order valence-electron chi connectivity index (χ4n) is 1.87. The number of benzene rings is 1. The number of aromatic nitrogens is 1. The van der Waals surface area contributed by atoms with E-state index in [1.165, 1.54) is 30.9 Å². The number of anilines is 1. The third-order valence-electron chi connectivity index (χ3n) is 2.85. The maximum absolute atomic E-state index is 11.7. The number of aryl methyl sites for hydroxylation is 2. The molecule has 7 heteroatoms. The van der Waals surface area contributed by atoms with Crippen molar-refractivity contribution in [2.75, 3.05) is 12.8 Å². The fraction of sp³-hybridized carbons (Fsp3) is 0.214. The van der Waals surface area contributed by atoms with Gasteiger partial charge in [-0.1, -0.05) is 11.8 Å². The molecule has 21 heavy (non-hydrogen) atoms. The summed E-state index contributed by atoms with van der Waals surface area (Å²) in [6.45, 7) is 3.94. The predicted octanol–water partition coefficient (Wildman–Crippen LogP) is 2.34. The summed E-state index contributed by atoms with van der Waals surface area (Å²) in [5, 5.41) is 0.837. The SMILES string of the molecule is CNS(=O)(=O)c1ccc(Sc2cc(C)cc(C)n2)c(N)c1. The summed E-state index contributed by atoms with van der Waals surface area (Å²) in [6, 6.07) is 8.65. The topological polar surface area (TPSA) is 85.1 Å². The number of nitrogens with two attached hydrogens (primary N) is 1. The lowest BCUT2D eigenvalue weighted by Crippen LogP contribution is -2.18. The molecule has 0 bridgehead atoms. The van der Waals surface area contributed by atoms with Crippen LogP contribution in [0.1, 0.15) is 11.3 Å². The van der Waals surface area contributed by atoms with Crippen LogP contribution in [0.15, 0.2) is 45.1 Å². The van der Waals surface area contributed by atoms with Crippen molar-refractivity contribution in [3.05, 3.63) is 41.6 Å². The van der Waals surface area contributed by atoms with E-state index >= 15 is 0 Å². The van der Waals surface area contributed by atoms with Gasteiger partial charge in [0.05, 0.1) is 4.90 Å². The predicted molar refractivity (Wildman–Crippen MR) is 84.9 cm³/mol. The normalized spacial score (nSPS) is 11.6. The Morgan fingerprint density at radius 1 is 1.19 bits per heavy atom. The number of nitrogens with one attached hydrogen (secondary N) is 1. The van der Waals surface area contributed by atoms with E-state index in [4.69, 9.17) is 5.73 Å². The van der Waals surface area contributed by atoms with Crippen LogP contribution in [0, 0.1) is 13.8 Å². The van der Waals surface area contributed by atoms with Gasteiger partial charge in [0.1, 0.15) is 5.03 Å². The molecule has 0 fully saturated rings. The Morgan fingerprint density at radius 3 is 2.48 bits per heavy atom. The zero-order chi connectivity index (χ0) is 15.6. The highest BCUT2D eigenvalue weighted by atomic mass is 32.2. The summed E-state index contributed by atoms with van der Waals surface area (Å²) in [5.41, 5.74) is 8.43. The van der Waals surface area contributed by atoms with E-state index in [2.05, 4.69) is 9.71 Å². The van der Waals surface area contributed by atoms with Gasteiger partial charge in [-0.15, -0.1) is 0 Å². The van der Waals surface area contributed by atoms with Crippen LogP contribution < -0.4 is 10.5 Å². The van der Waals surface area contributed by atoms with E-state index in [1.807, 2.05) is 26.0 Å². The molecule has 0 spiro atoms. The first-order valence-corrected chi connectivity index (χ1v) is 8.58. The molecule has 0 amide bonds. The molecule has 0 aliphatic carbocycles. The largest absolute Gasteiger partial charge is 0.398 e. The minimum Gasteiger partial charge on any atom is -0.398 e. The Morgan fingerprint density at radius 2 is 1.90 bits per heavy atom. The van der Waals surface area contributed by atoms with E-state index in [0.717, 1.165) is 21.2 Å². The summed E-state index contributed by atoms with van der Waals surface area (Å²) >= 11 is 1.42. The maximum atomic E-state index is 11.7. The van der Waals surface area contributed by atoms with E-state index in [9.17, 15) is 8.42 Å². The summed E-state index contributed by atoms with van der Waals surface area (Å²) in [7, 11) is -2.11. The van der Waals surface area contributed by atoms with E-state index in [-0.39, 0.29) is 4.90 Å². The van der Waals surface area contributed by atoms with Crippen molar-refractivity contribution in [2.45, 2.75) is 28.7 Å². The molecule has 1 heterocycles. The van der Waals surface area contributed by atoms with Crippen molar-refractivity contribution in [1.29, 1.82) is 0 Å². The van der Waals surface area contributed by atoms with Crippen LogP contribution in [0.2, 0.25) is 0 Å². The second kappa shape index (κ2) is 6.05. The number of sulfonamides is 1. The molecular formula is C14H17N3O2S2. The van der Waals surface area contributed by atoms with Gasteiger partial charge in [-0.05, 0) is 56.8 Å². The van der Waals surface area contributed by atoms with Gasteiger partial charge >= 0.3 is 0 Å².